The zero-order chi connectivity index (χ0) is 28.5. The number of anilines is 2. The molecule has 1 fully saturated rings. The van der Waals surface area contributed by atoms with Crippen LogP contribution in [0.3, 0.4) is 0 Å². The highest BCUT2D eigenvalue weighted by Crippen LogP contribution is 2.34. The van der Waals surface area contributed by atoms with E-state index in [-0.39, 0.29) is 18.1 Å². The Bertz CT molecular complexity index is 1360. The van der Waals surface area contributed by atoms with Gasteiger partial charge in [-0.2, -0.15) is 31.4 Å². The van der Waals surface area contributed by atoms with Gasteiger partial charge in [0.25, 0.3) is 11.5 Å². The lowest BCUT2D eigenvalue weighted by atomic mass is 10.2. The van der Waals surface area contributed by atoms with Crippen molar-refractivity contribution in [2.75, 3.05) is 43.0 Å². The average Bonchev–Trinajstić information content (AvgIpc) is 3.35. The van der Waals surface area contributed by atoms with Crippen molar-refractivity contribution in [2.45, 2.75) is 31.9 Å². The molecule has 9 nitrogen and oxygen atoms in total. The normalized spacial score (nSPS) is 15.4. The second-order valence-corrected chi connectivity index (χ2v) is 9.20. The summed E-state index contributed by atoms with van der Waals surface area (Å²) in [4.78, 5) is 33.4. The van der Waals surface area contributed by atoms with Crippen molar-refractivity contribution in [3.8, 4) is 0 Å². The molecule has 0 spiro atoms. The topological polar surface area (TPSA) is 90.4 Å². The number of amides is 1. The van der Waals surface area contributed by atoms with Gasteiger partial charge in [0.15, 0.2) is 0 Å². The average molecular weight is 557 g/mol. The quantitative estimate of drug-likeness (QED) is 0.467. The van der Waals surface area contributed by atoms with Gasteiger partial charge in [-0.3, -0.25) is 9.59 Å². The lowest BCUT2D eigenvalue weighted by molar-refractivity contribution is -0.139. The Morgan fingerprint density at radius 1 is 1.05 bits per heavy atom. The second kappa shape index (κ2) is 10.6. The smallest absolute Gasteiger partial charge is 0.368 e. The van der Waals surface area contributed by atoms with E-state index >= 15 is 0 Å². The molecule has 15 heteroatoms. The highest BCUT2D eigenvalue weighted by atomic mass is 19.4. The summed E-state index contributed by atoms with van der Waals surface area (Å²) in [5, 5.41) is 5.31. The SMILES string of the molecule is CC(Cn1ccc(C(=O)N2CCN(c3ccc(C(F)(F)F)cn3)CC2)c1)N(C)c1cn[nH]c(=O)c1C(F)(F)F. The summed E-state index contributed by atoms with van der Waals surface area (Å²) in [7, 11) is 1.43. The molecular weight excluding hydrogens is 532 g/mol. The fraction of sp³-hybridized carbons (Fsp3) is 0.417. The highest BCUT2D eigenvalue weighted by Gasteiger charge is 2.39. The summed E-state index contributed by atoms with van der Waals surface area (Å²) in [5.74, 6) is 0.150. The molecule has 1 N–H and O–H groups in total. The first-order valence-electron chi connectivity index (χ1n) is 11.9. The van der Waals surface area contributed by atoms with Crippen LogP contribution in [0.1, 0.15) is 28.4 Å². The van der Waals surface area contributed by atoms with Crippen LogP contribution in [-0.4, -0.2) is 69.8 Å². The van der Waals surface area contributed by atoms with Crippen molar-refractivity contribution >= 4 is 17.4 Å². The van der Waals surface area contributed by atoms with E-state index in [2.05, 4.69) is 10.1 Å². The van der Waals surface area contributed by atoms with Crippen LogP contribution in [-0.2, 0) is 18.9 Å². The molecule has 1 saturated heterocycles. The second-order valence-electron chi connectivity index (χ2n) is 9.20. The first kappa shape index (κ1) is 28.0. The third-order valence-electron chi connectivity index (χ3n) is 6.60. The molecule has 39 heavy (non-hydrogen) atoms. The summed E-state index contributed by atoms with van der Waals surface area (Å²) in [6.07, 6.45) is -4.36. The molecule has 1 amide bonds. The summed E-state index contributed by atoms with van der Waals surface area (Å²) in [6.45, 7) is 3.35. The van der Waals surface area contributed by atoms with E-state index in [0.29, 0.717) is 37.6 Å². The van der Waals surface area contributed by atoms with E-state index in [4.69, 9.17) is 0 Å². The number of pyridine rings is 1. The van der Waals surface area contributed by atoms with Gasteiger partial charge in [0.05, 0.1) is 23.0 Å². The molecule has 0 bridgehead atoms. The predicted octanol–water partition coefficient (Wildman–Crippen LogP) is 3.49. The van der Waals surface area contributed by atoms with Gasteiger partial charge in [-0.25, -0.2) is 10.1 Å². The van der Waals surface area contributed by atoms with E-state index in [9.17, 15) is 35.9 Å². The maximum Gasteiger partial charge on any atom is 0.423 e. The van der Waals surface area contributed by atoms with Crippen molar-refractivity contribution in [1.29, 1.82) is 0 Å². The number of carbonyl (C=O) groups is 1. The maximum absolute atomic E-state index is 13.4. The molecule has 1 aliphatic heterocycles. The number of nitrogens with zero attached hydrogens (tertiary/aromatic N) is 6. The van der Waals surface area contributed by atoms with Gasteiger partial charge in [0.1, 0.15) is 11.4 Å². The van der Waals surface area contributed by atoms with Crippen molar-refractivity contribution in [1.82, 2.24) is 24.6 Å². The lowest BCUT2D eigenvalue weighted by Gasteiger charge is -2.35. The number of hydrogen-bond donors (Lipinski definition) is 1. The van der Waals surface area contributed by atoms with Gasteiger partial charge in [0.2, 0.25) is 0 Å². The summed E-state index contributed by atoms with van der Waals surface area (Å²) in [5.41, 5.74) is -3.47. The molecule has 3 aromatic rings. The Hall–Kier alpha value is -4.04. The van der Waals surface area contributed by atoms with Crippen LogP contribution < -0.4 is 15.4 Å². The van der Waals surface area contributed by atoms with Crippen LogP contribution in [0.15, 0.2) is 47.8 Å². The number of alkyl halides is 6. The van der Waals surface area contributed by atoms with Gasteiger partial charge < -0.3 is 19.3 Å². The molecule has 0 saturated carbocycles. The number of H-pyrrole nitrogens is 1. The van der Waals surface area contributed by atoms with E-state index in [1.54, 1.807) is 39.8 Å². The zero-order valence-electron chi connectivity index (χ0n) is 20.9. The molecule has 4 heterocycles. The molecular formula is C24H25F6N7O2. The monoisotopic (exact) mass is 557 g/mol. The standard InChI is InChI=1S/C24H25F6N7O2/c1-15(34(2)18-12-32-33-21(38)20(18)24(28,29)30)13-35-6-5-16(14-35)22(39)37-9-7-36(8-10-37)19-4-3-17(11-31-19)23(25,26)27/h3-6,11-12,14-15H,7-10,13H2,1-2H3,(H,33,38). The van der Waals surface area contributed by atoms with Crippen LogP contribution in [0.2, 0.25) is 0 Å². The Balaban J connectivity index is 1.36. The van der Waals surface area contributed by atoms with Crippen molar-refractivity contribution < 1.29 is 31.1 Å². The minimum absolute atomic E-state index is 0.223. The van der Waals surface area contributed by atoms with E-state index in [0.717, 1.165) is 18.5 Å². The van der Waals surface area contributed by atoms with Crippen LogP contribution in [0, 0.1) is 0 Å². The minimum atomic E-state index is -4.86. The maximum atomic E-state index is 13.4. The van der Waals surface area contributed by atoms with Gasteiger partial charge in [0, 0.05) is 64.4 Å². The molecule has 1 aliphatic rings. The summed E-state index contributed by atoms with van der Waals surface area (Å²) in [6, 6.07) is 3.38. The predicted molar refractivity (Wildman–Crippen MR) is 130 cm³/mol. The molecule has 210 valence electrons. The molecule has 1 unspecified atom stereocenters. The number of nitrogens with one attached hydrogen (secondary N) is 1. The first-order valence-corrected chi connectivity index (χ1v) is 11.9. The van der Waals surface area contributed by atoms with Crippen molar-refractivity contribution in [3.63, 3.8) is 0 Å². The number of piperazine rings is 1. The Morgan fingerprint density at radius 2 is 1.74 bits per heavy atom. The van der Waals surface area contributed by atoms with Gasteiger partial charge in [-0.15, -0.1) is 0 Å². The number of rotatable bonds is 6. The number of carbonyl (C=O) groups excluding carboxylic acids is 1. The van der Waals surface area contributed by atoms with E-state index in [1.807, 2.05) is 5.10 Å². The Labute approximate surface area is 218 Å². The van der Waals surface area contributed by atoms with E-state index in [1.165, 1.54) is 18.0 Å². The van der Waals surface area contributed by atoms with E-state index < -0.39 is 35.1 Å². The number of likely N-dealkylation sites (N-methyl/N-ethyl adjacent to an activating group) is 1. The fourth-order valence-electron chi connectivity index (χ4n) is 4.34. The largest absolute Gasteiger partial charge is 0.423 e. The fourth-order valence-corrected chi connectivity index (χ4v) is 4.34. The van der Waals surface area contributed by atoms with Crippen LogP contribution in [0.25, 0.3) is 0 Å². The Kier molecular flexibility index (Phi) is 7.61. The third-order valence-corrected chi connectivity index (χ3v) is 6.60. The summed E-state index contributed by atoms with van der Waals surface area (Å²) < 4.78 is 80.3. The number of halogens is 6. The lowest BCUT2D eigenvalue weighted by Crippen LogP contribution is -2.49. The molecule has 1 atom stereocenters. The van der Waals surface area contributed by atoms with Gasteiger partial charge >= 0.3 is 12.4 Å². The highest BCUT2D eigenvalue weighted by molar-refractivity contribution is 5.94. The molecule has 0 aromatic carbocycles. The minimum Gasteiger partial charge on any atom is -0.368 e. The third kappa shape index (κ3) is 6.17. The van der Waals surface area contributed by atoms with Gasteiger partial charge in [-0.1, -0.05) is 0 Å². The van der Waals surface area contributed by atoms with Crippen molar-refractivity contribution in [2.24, 2.45) is 0 Å². The number of aromatic nitrogens is 4. The van der Waals surface area contributed by atoms with Crippen LogP contribution in [0.5, 0.6) is 0 Å². The van der Waals surface area contributed by atoms with Gasteiger partial charge in [-0.05, 0) is 25.1 Å². The van der Waals surface area contributed by atoms with Crippen molar-refractivity contribution in [3.05, 3.63) is 70.0 Å². The van der Waals surface area contributed by atoms with Crippen LogP contribution in [0.4, 0.5) is 37.8 Å². The molecule has 4 rings (SSSR count). The summed E-state index contributed by atoms with van der Waals surface area (Å²) >= 11 is 0. The number of aromatic amines is 1. The molecule has 0 aliphatic carbocycles. The zero-order valence-corrected chi connectivity index (χ0v) is 20.9. The first-order chi connectivity index (χ1) is 18.3. The molecule has 3 aromatic heterocycles. The molecule has 0 radical (unpaired) electrons. The Morgan fingerprint density at radius 3 is 2.33 bits per heavy atom. The number of hydrogen-bond acceptors (Lipinski definition) is 6. The van der Waals surface area contributed by atoms with Crippen LogP contribution >= 0.6 is 0 Å².